The van der Waals surface area contributed by atoms with E-state index in [-0.39, 0.29) is 29.2 Å². The summed E-state index contributed by atoms with van der Waals surface area (Å²) in [5, 5.41) is 4.65. The summed E-state index contributed by atoms with van der Waals surface area (Å²) in [6.45, 7) is 3.86. The highest BCUT2D eigenvalue weighted by Gasteiger charge is 2.32. The van der Waals surface area contributed by atoms with Crippen LogP contribution in [0.3, 0.4) is 0 Å². The number of urea groups is 1. The second-order valence-electron chi connectivity index (χ2n) is 9.15. The van der Waals surface area contributed by atoms with Gasteiger partial charge in [0, 0.05) is 5.56 Å². The van der Waals surface area contributed by atoms with Crippen LogP contribution in [-0.4, -0.2) is 44.0 Å². The van der Waals surface area contributed by atoms with Crippen LogP contribution in [0.2, 0.25) is 0 Å². The third-order valence-corrected chi connectivity index (χ3v) is 6.93. The number of aliphatic imine (C=N–C) groups is 1. The molecule has 0 bridgehead atoms. The maximum atomic E-state index is 12.5. The fourth-order valence-electron chi connectivity index (χ4n) is 4.00. The van der Waals surface area contributed by atoms with Gasteiger partial charge in [0.25, 0.3) is 0 Å². The van der Waals surface area contributed by atoms with Crippen molar-refractivity contribution in [2.45, 2.75) is 26.8 Å². The van der Waals surface area contributed by atoms with Gasteiger partial charge in [-0.25, -0.2) is 19.9 Å². The Morgan fingerprint density at radius 2 is 1.81 bits per heavy atom. The van der Waals surface area contributed by atoms with Gasteiger partial charge in [-0.2, -0.15) is 4.99 Å². The summed E-state index contributed by atoms with van der Waals surface area (Å²) >= 11 is 1.18. The molecule has 0 aliphatic carbocycles. The Balaban J connectivity index is 1.16. The zero-order valence-electron chi connectivity index (χ0n) is 22.3. The zero-order chi connectivity index (χ0) is 29.9. The van der Waals surface area contributed by atoms with Gasteiger partial charge in [-0.3, -0.25) is 14.5 Å². The first-order valence-corrected chi connectivity index (χ1v) is 13.4. The van der Waals surface area contributed by atoms with Crippen LogP contribution in [-0.2, 0) is 16.2 Å². The molecule has 0 spiro atoms. The number of nitrogens with one attached hydrogen (secondary N) is 1. The summed E-state index contributed by atoms with van der Waals surface area (Å²) in [4.78, 5) is 39.9. The number of aryl methyl sites for hydroxylation is 2. The highest BCUT2D eigenvalue weighted by Crippen LogP contribution is 2.30. The van der Waals surface area contributed by atoms with Crippen LogP contribution in [0.15, 0.2) is 78.0 Å². The van der Waals surface area contributed by atoms with Crippen molar-refractivity contribution in [3.05, 3.63) is 89.7 Å². The van der Waals surface area contributed by atoms with Crippen molar-refractivity contribution in [2.75, 3.05) is 10.7 Å². The molecular formula is C28H23F3N6O4S. The molecule has 2 heterocycles. The SMILES string of the molecule is Cc1ccc(C)c(N2C(=O)CSC2=NC(=O)NOCc2ccc(-c3ncn(-c4ccc(OC(F)(F)F)cc4)n3)cc2)c1. The summed E-state index contributed by atoms with van der Waals surface area (Å²) < 4.78 is 42.4. The largest absolute Gasteiger partial charge is 0.573 e. The van der Waals surface area contributed by atoms with E-state index in [0.29, 0.717) is 22.8 Å². The zero-order valence-corrected chi connectivity index (χ0v) is 23.1. The lowest BCUT2D eigenvalue weighted by Crippen LogP contribution is -2.32. The van der Waals surface area contributed by atoms with Crippen molar-refractivity contribution in [1.29, 1.82) is 0 Å². The Hall–Kier alpha value is -4.69. The second-order valence-corrected chi connectivity index (χ2v) is 10.1. The molecule has 1 aromatic heterocycles. The van der Waals surface area contributed by atoms with Gasteiger partial charge in [-0.05, 0) is 60.9 Å². The molecule has 216 valence electrons. The van der Waals surface area contributed by atoms with E-state index in [2.05, 4.69) is 25.3 Å². The van der Waals surface area contributed by atoms with E-state index >= 15 is 0 Å². The molecule has 14 heteroatoms. The Kier molecular flexibility index (Phi) is 8.27. The predicted octanol–water partition coefficient (Wildman–Crippen LogP) is 5.73. The van der Waals surface area contributed by atoms with E-state index < -0.39 is 12.4 Å². The van der Waals surface area contributed by atoms with Gasteiger partial charge in [0.15, 0.2) is 11.0 Å². The fourth-order valence-corrected chi connectivity index (χ4v) is 4.86. The molecular weight excluding hydrogens is 573 g/mol. The number of hydrogen-bond acceptors (Lipinski definition) is 7. The lowest BCUT2D eigenvalue weighted by molar-refractivity contribution is -0.274. The van der Waals surface area contributed by atoms with Crippen LogP contribution >= 0.6 is 11.8 Å². The number of amides is 3. The Bertz CT molecular complexity index is 1640. The van der Waals surface area contributed by atoms with Gasteiger partial charge in [0.2, 0.25) is 5.91 Å². The molecule has 0 atom stereocenters. The number of benzene rings is 3. The maximum Gasteiger partial charge on any atom is 0.573 e. The number of hydrogen-bond donors (Lipinski definition) is 1. The number of amidine groups is 1. The van der Waals surface area contributed by atoms with Crippen molar-refractivity contribution in [2.24, 2.45) is 4.99 Å². The number of nitrogens with zero attached hydrogens (tertiary/aromatic N) is 5. The summed E-state index contributed by atoms with van der Waals surface area (Å²) in [5.41, 5.74) is 6.78. The van der Waals surface area contributed by atoms with E-state index in [1.807, 2.05) is 32.0 Å². The van der Waals surface area contributed by atoms with Crippen LogP contribution < -0.4 is 15.1 Å². The monoisotopic (exact) mass is 596 g/mol. The molecule has 1 N–H and O–H groups in total. The van der Waals surface area contributed by atoms with Crippen molar-refractivity contribution in [3.8, 4) is 22.8 Å². The van der Waals surface area contributed by atoms with E-state index in [1.165, 1.54) is 51.9 Å². The molecule has 3 amide bonds. The molecule has 42 heavy (non-hydrogen) atoms. The standard InChI is InChI=1S/C28H23F3N6O4S/c1-17-3-4-18(2)23(13-17)37-24(38)15-42-27(37)33-26(39)35-40-14-19-5-7-20(8-6-19)25-32-16-36(34-25)21-9-11-22(12-10-21)41-28(29,30)31/h3-13,16H,14-15H2,1-2H3,(H,35,39). The molecule has 5 rings (SSSR count). The first-order chi connectivity index (χ1) is 20.1. The molecule has 0 radical (unpaired) electrons. The van der Waals surface area contributed by atoms with Crippen molar-refractivity contribution >= 4 is 34.6 Å². The summed E-state index contributed by atoms with van der Waals surface area (Å²) in [7, 11) is 0. The second kappa shape index (κ2) is 12.0. The fraction of sp³-hybridized carbons (Fsp3) is 0.179. The number of halogens is 3. The number of alkyl halides is 3. The molecule has 1 fully saturated rings. The molecule has 1 saturated heterocycles. The number of anilines is 1. The number of thioether (sulfide) groups is 1. The highest BCUT2D eigenvalue weighted by molar-refractivity contribution is 8.15. The number of hydroxylamine groups is 1. The molecule has 0 saturated carbocycles. The highest BCUT2D eigenvalue weighted by atomic mass is 32.2. The average molecular weight is 597 g/mol. The van der Waals surface area contributed by atoms with Crippen molar-refractivity contribution < 1.29 is 32.3 Å². The van der Waals surface area contributed by atoms with Crippen LogP contribution in [0.25, 0.3) is 17.1 Å². The average Bonchev–Trinajstić information content (AvgIpc) is 3.57. The van der Waals surface area contributed by atoms with Crippen LogP contribution in [0.1, 0.15) is 16.7 Å². The topological polar surface area (TPSA) is 111 Å². The number of carbonyl (C=O) groups is 2. The summed E-state index contributed by atoms with van der Waals surface area (Å²) in [6, 6.07) is 17.3. The third-order valence-electron chi connectivity index (χ3n) is 6.01. The first-order valence-electron chi connectivity index (χ1n) is 12.5. The van der Waals surface area contributed by atoms with Gasteiger partial charge in [0.1, 0.15) is 12.1 Å². The Labute approximate surface area is 242 Å². The predicted molar refractivity (Wildman–Crippen MR) is 150 cm³/mol. The number of aromatic nitrogens is 3. The van der Waals surface area contributed by atoms with Crippen LogP contribution in [0, 0.1) is 13.8 Å². The molecule has 1 aliphatic heterocycles. The van der Waals surface area contributed by atoms with Gasteiger partial charge >= 0.3 is 12.4 Å². The smallest absolute Gasteiger partial charge is 0.406 e. The summed E-state index contributed by atoms with van der Waals surface area (Å²) in [5.74, 6) is 0.0938. The summed E-state index contributed by atoms with van der Waals surface area (Å²) in [6.07, 6.45) is -3.32. The molecule has 0 unspecified atom stereocenters. The van der Waals surface area contributed by atoms with Crippen LogP contribution in [0.4, 0.5) is 23.7 Å². The Morgan fingerprint density at radius 1 is 1.07 bits per heavy atom. The minimum absolute atomic E-state index is 0.0534. The minimum Gasteiger partial charge on any atom is -0.406 e. The lowest BCUT2D eigenvalue weighted by atomic mass is 10.1. The van der Waals surface area contributed by atoms with E-state index in [9.17, 15) is 22.8 Å². The van der Waals surface area contributed by atoms with E-state index in [4.69, 9.17) is 4.84 Å². The van der Waals surface area contributed by atoms with E-state index in [0.717, 1.165) is 16.7 Å². The molecule has 1 aliphatic rings. The molecule has 10 nitrogen and oxygen atoms in total. The first kappa shape index (κ1) is 28.8. The maximum absolute atomic E-state index is 12.5. The number of ether oxygens (including phenoxy) is 1. The quantitative estimate of drug-likeness (QED) is 0.272. The van der Waals surface area contributed by atoms with Gasteiger partial charge in [-0.1, -0.05) is 48.2 Å². The lowest BCUT2D eigenvalue weighted by Gasteiger charge is -2.18. The third kappa shape index (κ3) is 6.95. The van der Waals surface area contributed by atoms with Gasteiger partial charge in [-0.15, -0.1) is 18.3 Å². The van der Waals surface area contributed by atoms with E-state index in [1.54, 1.807) is 24.3 Å². The van der Waals surface area contributed by atoms with Gasteiger partial charge < -0.3 is 4.74 Å². The number of rotatable bonds is 7. The molecule has 4 aromatic rings. The normalized spacial score (nSPS) is 14.5. The molecule has 3 aromatic carbocycles. The van der Waals surface area contributed by atoms with Gasteiger partial charge in [0.05, 0.1) is 23.7 Å². The number of carbonyl (C=O) groups excluding carboxylic acids is 2. The minimum atomic E-state index is -4.77. The Morgan fingerprint density at radius 3 is 2.52 bits per heavy atom. The van der Waals surface area contributed by atoms with Crippen molar-refractivity contribution in [1.82, 2.24) is 20.2 Å². The van der Waals surface area contributed by atoms with Crippen LogP contribution in [0.5, 0.6) is 5.75 Å². The van der Waals surface area contributed by atoms with Crippen molar-refractivity contribution in [3.63, 3.8) is 0 Å².